The lowest BCUT2D eigenvalue weighted by atomic mass is 10.0. The summed E-state index contributed by atoms with van der Waals surface area (Å²) in [5, 5.41) is 7.69. The quantitative estimate of drug-likeness (QED) is 0.553. The topological polar surface area (TPSA) is 93.2 Å². The van der Waals surface area contributed by atoms with Gasteiger partial charge in [0.1, 0.15) is 11.5 Å². The zero-order chi connectivity index (χ0) is 23.4. The summed E-state index contributed by atoms with van der Waals surface area (Å²) < 4.78 is 15.1. The Morgan fingerprint density at radius 1 is 1.19 bits per heavy atom. The van der Waals surface area contributed by atoms with Crippen molar-refractivity contribution in [1.82, 2.24) is 14.7 Å². The molecular formula is C22H22Cl2FN5O2. The zero-order valence-electron chi connectivity index (χ0n) is 17.5. The molecule has 4 rings (SSSR count). The van der Waals surface area contributed by atoms with Gasteiger partial charge in [0.2, 0.25) is 6.41 Å². The lowest BCUT2D eigenvalue weighted by molar-refractivity contribution is -0.105. The van der Waals surface area contributed by atoms with Gasteiger partial charge in [0, 0.05) is 29.4 Å². The van der Waals surface area contributed by atoms with E-state index in [0.717, 1.165) is 23.5 Å². The number of anilines is 1. The summed E-state index contributed by atoms with van der Waals surface area (Å²) in [4.78, 5) is 23.9. The molecule has 2 amide bonds. The normalized spacial score (nSPS) is 13.0. The molecule has 0 saturated carbocycles. The van der Waals surface area contributed by atoms with Gasteiger partial charge in [0.05, 0.1) is 22.8 Å². The predicted octanol–water partition coefficient (Wildman–Crippen LogP) is 4.10. The Balaban J connectivity index is 0.000000222. The molecular weight excluding hydrogens is 456 g/mol. The average molecular weight is 478 g/mol. The SMILES string of the molecule is CN1CCn2nc(-c3ccc(F)c(Cl)c3)c(C(N)=O)c2C1.Cc1cc(NC=O)ccc1Cl. The molecule has 2 heterocycles. The molecule has 2 aromatic carbocycles. The Labute approximate surface area is 194 Å². The minimum atomic E-state index is -0.540. The molecule has 7 nitrogen and oxygen atoms in total. The van der Waals surface area contributed by atoms with Gasteiger partial charge in [0.25, 0.3) is 5.91 Å². The van der Waals surface area contributed by atoms with Gasteiger partial charge in [0.15, 0.2) is 0 Å². The van der Waals surface area contributed by atoms with Crippen LogP contribution in [0.4, 0.5) is 10.1 Å². The van der Waals surface area contributed by atoms with E-state index in [-0.39, 0.29) is 5.02 Å². The number of fused-ring (bicyclic) bond motifs is 1. The summed E-state index contributed by atoms with van der Waals surface area (Å²) in [6, 6.07) is 9.59. The number of primary amides is 1. The van der Waals surface area contributed by atoms with Crippen LogP contribution in [-0.4, -0.2) is 40.6 Å². The van der Waals surface area contributed by atoms with Crippen molar-refractivity contribution < 1.29 is 14.0 Å². The Kier molecular flexibility index (Phi) is 7.50. The summed E-state index contributed by atoms with van der Waals surface area (Å²) in [6.07, 6.45) is 0.642. The van der Waals surface area contributed by atoms with Crippen LogP contribution in [0.15, 0.2) is 36.4 Å². The van der Waals surface area contributed by atoms with Gasteiger partial charge in [-0.05, 0) is 55.9 Å². The molecule has 1 aliphatic rings. The lowest BCUT2D eigenvalue weighted by Gasteiger charge is -2.23. The summed E-state index contributed by atoms with van der Waals surface area (Å²) in [7, 11) is 1.97. The van der Waals surface area contributed by atoms with E-state index in [2.05, 4.69) is 15.3 Å². The Bertz CT molecular complexity index is 1170. The van der Waals surface area contributed by atoms with Gasteiger partial charge >= 0.3 is 0 Å². The highest BCUT2D eigenvalue weighted by Crippen LogP contribution is 2.30. The summed E-state index contributed by atoms with van der Waals surface area (Å²) in [5.41, 5.74) is 9.44. The molecule has 1 aromatic heterocycles. The Morgan fingerprint density at radius 2 is 1.94 bits per heavy atom. The first-order valence-electron chi connectivity index (χ1n) is 9.71. The third-order valence-electron chi connectivity index (χ3n) is 4.99. The molecule has 0 saturated heterocycles. The first-order valence-corrected chi connectivity index (χ1v) is 10.5. The van der Waals surface area contributed by atoms with Gasteiger partial charge in [-0.15, -0.1) is 0 Å². The van der Waals surface area contributed by atoms with Gasteiger partial charge in [-0.25, -0.2) is 4.39 Å². The van der Waals surface area contributed by atoms with Crippen molar-refractivity contribution in [3.63, 3.8) is 0 Å². The monoisotopic (exact) mass is 477 g/mol. The third kappa shape index (κ3) is 5.27. The van der Waals surface area contributed by atoms with Crippen molar-refractivity contribution in [1.29, 1.82) is 0 Å². The standard InChI is InChI=1S/C14H14ClFN4O.C8H8ClNO/c1-19-4-5-20-11(7-19)12(14(17)21)13(18-20)8-2-3-10(16)9(15)6-8;1-6-4-7(10-5-11)2-3-8(6)9/h2-3,6H,4-5,7H2,1H3,(H2,17,21);2-5H,1H3,(H,10,11). The highest BCUT2D eigenvalue weighted by Gasteiger charge is 2.26. The van der Waals surface area contributed by atoms with E-state index < -0.39 is 11.7 Å². The first kappa shape index (κ1) is 23.7. The van der Waals surface area contributed by atoms with Crippen molar-refractivity contribution in [2.75, 3.05) is 18.9 Å². The number of nitrogens with zero attached hydrogens (tertiary/aromatic N) is 3. The number of amides is 2. The fraction of sp³-hybridized carbons (Fsp3) is 0.227. The number of halogens is 3. The highest BCUT2D eigenvalue weighted by atomic mass is 35.5. The van der Waals surface area contributed by atoms with Crippen LogP contribution >= 0.6 is 23.2 Å². The second kappa shape index (κ2) is 10.1. The second-order valence-electron chi connectivity index (χ2n) is 7.35. The third-order valence-corrected chi connectivity index (χ3v) is 5.71. The number of carbonyl (C=O) groups excluding carboxylic acids is 2. The largest absolute Gasteiger partial charge is 0.365 e. The number of likely N-dealkylation sites (N-methyl/N-ethyl adjacent to an activating group) is 1. The first-order chi connectivity index (χ1) is 15.2. The van der Waals surface area contributed by atoms with E-state index in [4.69, 9.17) is 28.9 Å². The molecule has 1 aliphatic heterocycles. The fourth-order valence-electron chi connectivity index (χ4n) is 3.35. The van der Waals surface area contributed by atoms with Crippen molar-refractivity contribution in [3.05, 3.63) is 69.1 Å². The number of aryl methyl sites for hydroxylation is 1. The van der Waals surface area contributed by atoms with Crippen molar-refractivity contribution in [3.8, 4) is 11.3 Å². The number of hydrogen-bond acceptors (Lipinski definition) is 4. The number of carbonyl (C=O) groups is 2. The van der Waals surface area contributed by atoms with Gasteiger partial charge in [-0.2, -0.15) is 5.10 Å². The van der Waals surface area contributed by atoms with Crippen LogP contribution < -0.4 is 11.1 Å². The summed E-state index contributed by atoms with van der Waals surface area (Å²) >= 11 is 11.6. The number of benzene rings is 2. The van der Waals surface area contributed by atoms with Crippen molar-refractivity contribution in [2.24, 2.45) is 5.73 Å². The Hall–Kier alpha value is -2.94. The number of nitrogens with one attached hydrogen (secondary N) is 1. The van der Waals surface area contributed by atoms with Crippen LogP contribution in [0.5, 0.6) is 0 Å². The maximum Gasteiger partial charge on any atom is 0.252 e. The molecule has 0 atom stereocenters. The Morgan fingerprint density at radius 3 is 2.56 bits per heavy atom. The summed E-state index contributed by atoms with van der Waals surface area (Å²) in [6.45, 7) is 4.01. The van der Waals surface area contributed by atoms with E-state index in [9.17, 15) is 14.0 Å². The molecule has 32 heavy (non-hydrogen) atoms. The van der Waals surface area contributed by atoms with Crippen LogP contribution in [0.3, 0.4) is 0 Å². The predicted molar refractivity (Wildman–Crippen MR) is 123 cm³/mol. The molecule has 0 radical (unpaired) electrons. The second-order valence-corrected chi connectivity index (χ2v) is 8.16. The lowest BCUT2D eigenvalue weighted by Crippen LogP contribution is -2.32. The number of nitrogens with two attached hydrogens (primary N) is 1. The van der Waals surface area contributed by atoms with E-state index >= 15 is 0 Å². The van der Waals surface area contributed by atoms with Crippen LogP contribution in [0.2, 0.25) is 10.0 Å². The maximum absolute atomic E-state index is 13.3. The number of aromatic nitrogens is 2. The fourth-order valence-corrected chi connectivity index (χ4v) is 3.65. The number of hydrogen-bond donors (Lipinski definition) is 2. The average Bonchev–Trinajstić information content (AvgIpc) is 3.12. The molecule has 0 unspecified atom stereocenters. The molecule has 168 valence electrons. The molecule has 0 fully saturated rings. The zero-order valence-corrected chi connectivity index (χ0v) is 19.0. The molecule has 0 aliphatic carbocycles. The summed E-state index contributed by atoms with van der Waals surface area (Å²) in [5.74, 6) is -1.05. The number of rotatable bonds is 4. The van der Waals surface area contributed by atoms with Crippen LogP contribution in [0.25, 0.3) is 11.3 Å². The van der Waals surface area contributed by atoms with Gasteiger partial charge < -0.3 is 11.1 Å². The molecule has 10 heteroatoms. The van der Waals surface area contributed by atoms with Crippen molar-refractivity contribution >= 4 is 41.2 Å². The van der Waals surface area contributed by atoms with E-state index in [1.807, 2.05) is 20.0 Å². The van der Waals surface area contributed by atoms with E-state index in [0.29, 0.717) is 41.3 Å². The molecule has 3 N–H and O–H groups in total. The van der Waals surface area contributed by atoms with Crippen LogP contribution in [0, 0.1) is 12.7 Å². The smallest absolute Gasteiger partial charge is 0.252 e. The van der Waals surface area contributed by atoms with E-state index in [1.165, 1.54) is 12.1 Å². The van der Waals surface area contributed by atoms with E-state index in [1.54, 1.807) is 22.9 Å². The maximum atomic E-state index is 13.3. The van der Waals surface area contributed by atoms with Gasteiger partial charge in [-0.3, -0.25) is 19.2 Å². The van der Waals surface area contributed by atoms with Gasteiger partial charge in [-0.1, -0.05) is 23.2 Å². The highest BCUT2D eigenvalue weighted by molar-refractivity contribution is 6.31. The molecule has 0 spiro atoms. The minimum absolute atomic E-state index is 0.00832. The molecule has 3 aromatic rings. The van der Waals surface area contributed by atoms with Crippen molar-refractivity contribution in [2.45, 2.75) is 20.0 Å². The minimum Gasteiger partial charge on any atom is -0.365 e. The molecule has 0 bridgehead atoms. The van der Waals surface area contributed by atoms with Crippen LogP contribution in [-0.2, 0) is 17.9 Å². The van der Waals surface area contributed by atoms with Crippen LogP contribution in [0.1, 0.15) is 21.6 Å².